The summed E-state index contributed by atoms with van der Waals surface area (Å²) in [5.74, 6) is -0.144. The van der Waals surface area contributed by atoms with E-state index in [4.69, 9.17) is 0 Å². The van der Waals surface area contributed by atoms with E-state index in [1.807, 2.05) is 13.8 Å². The van der Waals surface area contributed by atoms with Crippen molar-refractivity contribution >= 4 is 23.4 Å². The van der Waals surface area contributed by atoms with E-state index in [9.17, 15) is 14.4 Å². The van der Waals surface area contributed by atoms with Crippen LogP contribution in [-0.2, 0) is 4.79 Å². The molecule has 22 heavy (non-hydrogen) atoms. The van der Waals surface area contributed by atoms with Crippen molar-refractivity contribution in [2.24, 2.45) is 0 Å². The molecule has 0 spiro atoms. The van der Waals surface area contributed by atoms with E-state index in [1.165, 1.54) is 13.8 Å². The van der Waals surface area contributed by atoms with Gasteiger partial charge in [-0.05, 0) is 45.0 Å². The van der Waals surface area contributed by atoms with Gasteiger partial charge >= 0.3 is 6.03 Å². The number of carbonyl (C=O) groups is 3. The van der Waals surface area contributed by atoms with Crippen molar-refractivity contribution in [1.82, 2.24) is 10.6 Å². The maximum absolute atomic E-state index is 11.7. The number of nitrogens with zero attached hydrogens (tertiary/aromatic N) is 1. The van der Waals surface area contributed by atoms with Crippen LogP contribution >= 0.6 is 0 Å². The number of hydrogen-bond acceptors (Lipinski definition) is 3. The van der Waals surface area contributed by atoms with Gasteiger partial charge in [0.2, 0.25) is 5.91 Å². The molecule has 0 atom stereocenters. The summed E-state index contributed by atoms with van der Waals surface area (Å²) < 4.78 is 0. The van der Waals surface area contributed by atoms with Gasteiger partial charge in [-0.2, -0.15) is 0 Å². The van der Waals surface area contributed by atoms with Gasteiger partial charge in [-0.15, -0.1) is 0 Å². The Morgan fingerprint density at radius 2 is 1.68 bits per heavy atom. The highest BCUT2D eigenvalue weighted by Crippen LogP contribution is 2.15. The molecule has 0 fully saturated rings. The number of amides is 3. The van der Waals surface area contributed by atoms with Crippen molar-refractivity contribution < 1.29 is 14.4 Å². The van der Waals surface area contributed by atoms with Gasteiger partial charge in [-0.3, -0.25) is 9.59 Å². The van der Waals surface area contributed by atoms with Crippen molar-refractivity contribution in [3.63, 3.8) is 0 Å². The van der Waals surface area contributed by atoms with Gasteiger partial charge in [0.05, 0.1) is 0 Å². The predicted octanol–water partition coefficient (Wildman–Crippen LogP) is 1.95. The Morgan fingerprint density at radius 1 is 1.09 bits per heavy atom. The Bertz CT molecular complexity index is 538. The van der Waals surface area contributed by atoms with Crippen LogP contribution in [0.3, 0.4) is 0 Å². The zero-order valence-electron chi connectivity index (χ0n) is 13.5. The molecule has 0 heterocycles. The lowest BCUT2D eigenvalue weighted by Crippen LogP contribution is -2.43. The van der Waals surface area contributed by atoms with Gasteiger partial charge < -0.3 is 15.5 Å². The molecule has 6 nitrogen and oxygen atoms in total. The Morgan fingerprint density at radius 3 is 2.14 bits per heavy atom. The average Bonchev–Trinajstić information content (AvgIpc) is 2.42. The summed E-state index contributed by atoms with van der Waals surface area (Å²) in [6.07, 6.45) is 0. The summed E-state index contributed by atoms with van der Waals surface area (Å²) in [7, 11) is 0. The lowest BCUT2D eigenvalue weighted by atomic mass is 10.1. The Kier molecular flexibility index (Phi) is 6.56. The molecule has 6 heteroatoms. The second-order valence-electron chi connectivity index (χ2n) is 5.33. The zero-order chi connectivity index (χ0) is 16.7. The molecule has 0 aliphatic rings. The van der Waals surface area contributed by atoms with Crippen molar-refractivity contribution in [1.29, 1.82) is 0 Å². The van der Waals surface area contributed by atoms with Crippen LogP contribution in [-0.4, -0.2) is 36.9 Å². The first kappa shape index (κ1) is 17.7. The quantitative estimate of drug-likeness (QED) is 0.788. The van der Waals surface area contributed by atoms with Gasteiger partial charge in [0.25, 0.3) is 0 Å². The van der Waals surface area contributed by atoms with Crippen molar-refractivity contribution in [2.75, 3.05) is 18.0 Å². The molecule has 0 bridgehead atoms. The molecule has 0 aromatic heterocycles. The number of carbonyl (C=O) groups excluding carboxylic acids is 3. The average molecular weight is 305 g/mol. The minimum Gasteiger partial charge on any atom is -0.336 e. The fourth-order valence-corrected chi connectivity index (χ4v) is 1.94. The van der Waals surface area contributed by atoms with E-state index in [1.54, 1.807) is 29.2 Å². The lowest BCUT2D eigenvalue weighted by Gasteiger charge is -2.22. The predicted molar refractivity (Wildman–Crippen MR) is 86.1 cm³/mol. The second kappa shape index (κ2) is 8.17. The second-order valence-corrected chi connectivity index (χ2v) is 5.33. The van der Waals surface area contributed by atoms with Crippen LogP contribution in [0.25, 0.3) is 0 Å². The first-order valence-electron chi connectivity index (χ1n) is 7.24. The standard InChI is InChI=1S/C16H23N3O3/c1-11(2)18-16(22)17-9-10-19(13(4)21)15-7-5-14(6-8-15)12(3)20/h5-8,11H,9-10H2,1-4H3,(H2,17,18,22). The minimum absolute atomic E-state index is 0.0204. The van der Waals surface area contributed by atoms with Crippen LogP contribution in [0.4, 0.5) is 10.5 Å². The molecular formula is C16H23N3O3. The summed E-state index contributed by atoms with van der Waals surface area (Å²) >= 11 is 0. The smallest absolute Gasteiger partial charge is 0.315 e. The number of nitrogens with one attached hydrogen (secondary N) is 2. The Balaban J connectivity index is 2.64. The third-order valence-electron chi connectivity index (χ3n) is 3.01. The molecule has 0 radical (unpaired) electrons. The first-order valence-corrected chi connectivity index (χ1v) is 7.24. The molecular weight excluding hydrogens is 282 g/mol. The SMILES string of the molecule is CC(=O)c1ccc(N(CCNC(=O)NC(C)C)C(C)=O)cc1. The number of ketones is 1. The number of anilines is 1. The Hall–Kier alpha value is -2.37. The molecule has 0 saturated carbocycles. The summed E-state index contributed by atoms with van der Waals surface area (Å²) in [6, 6.07) is 6.63. The van der Waals surface area contributed by atoms with E-state index in [2.05, 4.69) is 10.6 Å². The van der Waals surface area contributed by atoms with E-state index in [0.717, 1.165) is 0 Å². The highest BCUT2D eigenvalue weighted by Gasteiger charge is 2.12. The Labute approximate surface area is 130 Å². The maximum Gasteiger partial charge on any atom is 0.315 e. The highest BCUT2D eigenvalue weighted by molar-refractivity contribution is 5.96. The molecule has 2 N–H and O–H groups in total. The van der Waals surface area contributed by atoms with Gasteiger partial charge in [0, 0.05) is 37.3 Å². The van der Waals surface area contributed by atoms with Crippen molar-refractivity contribution in [3.05, 3.63) is 29.8 Å². The molecule has 0 saturated heterocycles. The zero-order valence-corrected chi connectivity index (χ0v) is 13.5. The lowest BCUT2D eigenvalue weighted by molar-refractivity contribution is -0.116. The third kappa shape index (κ3) is 5.55. The largest absolute Gasteiger partial charge is 0.336 e. The van der Waals surface area contributed by atoms with E-state index in [0.29, 0.717) is 24.3 Å². The van der Waals surface area contributed by atoms with E-state index < -0.39 is 0 Å². The highest BCUT2D eigenvalue weighted by atomic mass is 16.2. The van der Waals surface area contributed by atoms with E-state index >= 15 is 0 Å². The summed E-state index contributed by atoms with van der Waals surface area (Å²) in [5, 5.41) is 5.42. The molecule has 1 aromatic carbocycles. The van der Waals surface area contributed by atoms with Crippen LogP contribution in [0.15, 0.2) is 24.3 Å². The first-order chi connectivity index (χ1) is 10.3. The summed E-state index contributed by atoms with van der Waals surface area (Å²) in [4.78, 5) is 36.1. The number of rotatable bonds is 6. The van der Waals surface area contributed by atoms with Crippen LogP contribution in [0.2, 0.25) is 0 Å². The number of Topliss-reactive ketones (excluding diaryl/α,β-unsaturated/α-hetero) is 1. The molecule has 0 aliphatic carbocycles. The van der Waals surface area contributed by atoms with Gasteiger partial charge in [0.1, 0.15) is 0 Å². The molecule has 3 amide bonds. The minimum atomic E-state index is -0.259. The van der Waals surface area contributed by atoms with Gasteiger partial charge in [0.15, 0.2) is 5.78 Å². The molecule has 1 aromatic rings. The summed E-state index contributed by atoms with van der Waals surface area (Å²) in [6.45, 7) is 7.41. The molecule has 1 rings (SSSR count). The van der Waals surface area contributed by atoms with Crippen LogP contribution in [0, 0.1) is 0 Å². The molecule has 0 unspecified atom stereocenters. The monoisotopic (exact) mass is 305 g/mol. The van der Waals surface area contributed by atoms with Crippen LogP contribution < -0.4 is 15.5 Å². The fourth-order valence-electron chi connectivity index (χ4n) is 1.94. The van der Waals surface area contributed by atoms with Gasteiger partial charge in [-0.1, -0.05) is 0 Å². The maximum atomic E-state index is 11.7. The van der Waals surface area contributed by atoms with E-state index in [-0.39, 0.29) is 23.8 Å². The topological polar surface area (TPSA) is 78.5 Å². The van der Waals surface area contributed by atoms with Crippen molar-refractivity contribution in [2.45, 2.75) is 33.7 Å². The number of hydrogen-bond donors (Lipinski definition) is 2. The number of urea groups is 1. The molecule has 120 valence electrons. The van der Waals surface area contributed by atoms with Crippen LogP contribution in [0.1, 0.15) is 38.1 Å². The van der Waals surface area contributed by atoms with Crippen molar-refractivity contribution in [3.8, 4) is 0 Å². The third-order valence-corrected chi connectivity index (χ3v) is 3.01. The van der Waals surface area contributed by atoms with Crippen LogP contribution in [0.5, 0.6) is 0 Å². The molecule has 0 aliphatic heterocycles. The fraction of sp³-hybridized carbons (Fsp3) is 0.438. The summed E-state index contributed by atoms with van der Waals surface area (Å²) in [5.41, 5.74) is 1.30. The normalized spacial score (nSPS) is 10.2. The number of benzene rings is 1. The van der Waals surface area contributed by atoms with Gasteiger partial charge in [-0.25, -0.2) is 4.79 Å².